The SMILES string of the molecule is COc1ccc(-c2csc(NC(=O)COC(C)=O)n2)cc1OC. The number of ether oxygens (including phenoxy) is 3. The minimum Gasteiger partial charge on any atom is -0.493 e. The number of hydrogen-bond acceptors (Lipinski definition) is 7. The zero-order valence-corrected chi connectivity index (χ0v) is 13.7. The molecule has 0 spiro atoms. The lowest BCUT2D eigenvalue weighted by molar-refractivity contribution is -0.144. The number of esters is 1. The van der Waals surface area contributed by atoms with Crippen molar-refractivity contribution in [1.82, 2.24) is 4.98 Å². The Morgan fingerprint density at radius 3 is 2.61 bits per heavy atom. The van der Waals surface area contributed by atoms with E-state index in [1.807, 2.05) is 11.4 Å². The molecule has 1 heterocycles. The van der Waals surface area contributed by atoms with Crippen LogP contribution in [0.15, 0.2) is 23.6 Å². The van der Waals surface area contributed by atoms with Gasteiger partial charge in [0.1, 0.15) is 0 Å². The molecular weight excluding hydrogens is 320 g/mol. The van der Waals surface area contributed by atoms with E-state index in [-0.39, 0.29) is 6.61 Å². The molecule has 0 saturated carbocycles. The van der Waals surface area contributed by atoms with Crippen LogP contribution in [0.2, 0.25) is 0 Å². The molecule has 0 aliphatic rings. The first-order valence-electron chi connectivity index (χ1n) is 6.64. The molecule has 0 atom stereocenters. The fraction of sp³-hybridized carbons (Fsp3) is 0.267. The van der Waals surface area contributed by atoms with Crippen molar-refractivity contribution >= 4 is 28.3 Å². The molecule has 0 aliphatic carbocycles. The van der Waals surface area contributed by atoms with Crippen LogP contribution in [0, 0.1) is 0 Å². The molecular formula is C15H16N2O5S. The van der Waals surface area contributed by atoms with Crippen LogP contribution in [0.3, 0.4) is 0 Å². The third-order valence-corrected chi connectivity index (χ3v) is 3.59. The quantitative estimate of drug-likeness (QED) is 0.815. The number of methoxy groups -OCH3 is 2. The number of nitrogens with zero attached hydrogens (tertiary/aromatic N) is 1. The highest BCUT2D eigenvalue weighted by Gasteiger charge is 2.11. The zero-order valence-electron chi connectivity index (χ0n) is 12.9. The molecule has 1 amide bonds. The molecule has 8 heteroatoms. The predicted octanol–water partition coefficient (Wildman–Crippen LogP) is 2.33. The average Bonchev–Trinajstić information content (AvgIpc) is 3.00. The Balaban J connectivity index is 2.10. The van der Waals surface area contributed by atoms with Gasteiger partial charge >= 0.3 is 5.97 Å². The number of aromatic nitrogens is 1. The van der Waals surface area contributed by atoms with Crippen LogP contribution in [-0.4, -0.2) is 37.7 Å². The maximum absolute atomic E-state index is 11.6. The first kappa shape index (κ1) is 16.8. The van der Waals surface area contributed by atoms with Crippen molar-refractivity contribution < 1.29 is 23.8 Å². The Kier molecular flexibility index (Phi) is 5.53. The van der Waals surface area contributed by atoms with Gasteiger partial charge in [-0.05, 0) is 18.2 Å². The molecule has 0 fully saturated rings. The van der Waals surface area contributed by atoms with E-state index in [0.29, 0.717) is 22.3 Å². The zero-order chi connectivity index (χ0) is 16.8. The summed E-state index contributed by atoms with van der Waals surface area (Å²) in [5.74, 6) is 0.276. The largest absolute Gasteiger partial charge is 0.493 e. The Hall–Kier alpha value is -2.61. The van der Waals surface area contributed by atoms with Crippen molar-refractivity contribution in [3.63, 3.8) is 0 Å². The van der Waals surface area contributed by atoms with Gasteiger partial charge in [-0.25, -0.2) is 4.98 Å². The minimum absolute atomic E-state index is 0.333. The van der Waals surface area contributed by atoms with Gasteiger partial charge in [-0.2, -0.15) is 0 Å². The molecule has 2 rings (SSSR count). The Morgan fingerprint density at radius 2 is 1.96 bits per heavy atom. The van der Waals surface area contributed by atoms with Crippen LogP contribution >= 0.6 is 11.3 Å². The molecule has 0 unspecified atom stereocenters. The highest BCUT2D eigenvalue weighted by Crippen LogP contribution is 2.33. The normalized spacial score (nSPS) is 10.0. The first-order valence-corrected chi connectivity index (χ1v) is 7.52. The predicted molar refractivity (Wildman–Crippen MR) is 85.9 cm³/mol. The van der Waals surface area contributed by atoms with E-state index in [2.05, 4.69) is 15.0 Å². The number of benzene rings is 1. The number of rotatable bonds is 6. The van der Waals surface area contributed by atoms with Crippen LogP contribution in [-0.2, 0) is 14.3 Å². The van der Waals surface area contributed by atoms with Crippen molar-refractivity contribution in [2.24, 2.45) is 0 Å². The highest BCUT2D eigenvalue weighted by atomic mass is 32.1. The van der Waals surface area contributed by atoms with E-state index in [1.54, 1.807) is 26.4 Å². The van der Waals surface area contributed by atoms with Crippen LogP contribution in [0.25, 0.3) is 11.3 Å². The monoisotopic (exact) mass is 336 g/mol. The topological polar surface area (TPSA) is 86.8 Å². The lowest BCUT2D eigenvalue weighted by Crippen LogP contribution is -2.19. The van der Waals surface area contributed by atoms with Crippen LogP contribution in [0.5, 0.6) is 11.5 Å². The summed E-state index contributed by atoms with van der Waals surface area (Å²) in [6, 6.07) is 5.44. The summed E-state index contributed by atoms with van der Waals surface area (Å²) in [5.41, 5.74) is 1.53. The number of carbonyl (C=O) groups excluding carboxylic acids is 2. The maximum Gasteiger partial charge on any atom is 0.303 e. The standard InChI is InChI=1S/C15H16N2O5S/c1-9(18)22-7-14(19)17-15-16-11(8-23-15)10-4-5-12(20-2)13(6-10)21-3/h4-6,8H,7H2,1-3H3,(H,16,17,19). The smallest absolute Gasteiger partial charge is 0.303 e. The lowest BCUT2D eigenvalue weighted by Gasteiger charge is -2.08. The van der Waals surface area contributed by atoms with Crippen LogP contribution < -0.4 is 14.8 Å². The summed E-state index contributed by atoms with van der Waals surface area (Å²) in [7, 11) is 3.13. The van der Waals surface area contributed by atoms with Gasteiger partial charge in [0.2, 0.25) is 0 Å². The van der Waals surface area contributed by atoms with Crippen molar-refractivity contribution in [1.29, 1.82) is 0 Å². The van der Waals surface area contributed by atoms with Gasteiger partial charge in [0.15, 0.2) is 23.2 Å². The number of nitrogens with one attached hydrogen (secondary N) is 1. The van der Waals surface area contributed by atoms with Crippen LogP contribution in [0.4, 0.5) is 5.13 Å². The molecule has 1 aromatic carbocycles. The van der Waals surface area contributed by atoms with Gasteiger partial charge in [0.25, 0.3) is 5.91 Å². The minimum atomic E-state index is -0.509. The van der Waals surface area contributed by atoms with Gasteiger partial charge in [-0.3, -0.25) is 14.9 Å². The molecule has 23 heavy (non-hydrogen) atoms. The van der Waals surface area contributed by atoms with Crippen LogP contribution in [0.1, 0.15) is 6.92 Å². The van der Waals surface area contributed by atoms with Gasteiger partial charge in [0, 0.05) is 17.9 Å². The van der Waals surface area contributed by atoms with E-state index >= 15 is 0 Å². The molecule has 0 aliphatic heterocycles. The van der Waals surface area contributed by atoms with E-state index in [1.165, 1.54) is 18.3 Å². The second-order valence-electron chi connectivity index (χ2n) is 4.44. The Morgan fingerprint density at radius 1 is 1.22 bits per heavy atom. The van der Waals surface area contributed by atoms with E-state index in [0.717, 1.165) is 5.56 Å². The maximum atomic E-state index is 11.6. The third kappa shape index (κ3) is 4.43. The fourth-order valence-electron chi connectivity index (χ4n) is 1.78. The molecule has 122 valence electrons. The molecule has 1 aromatic heterocycles. The van der Waals surface area contributed by atoms with Crippen molar-refractivity contribution in [2.75, 3.05) is 26.1 Å². The van der Waals surface area contributed by atoms with Gasteiger partial charge in [-0.1, -0.05) is 0 Å². The summed E-state index contributed by atoms with van der Waals surface area (Å²) in [6.07, 6.45) is 0. The molecule has 2 aromatic rings. The second kappa shape index (κ2) is 7.59. The number of anilines is 1. The van der Waals surface area contributed by atoms with Gasteiger partial charge in [-0.15, -0.1) is 11.3 Å². The number of thiazole rings is 1. The van der Waals surface area contributed by atoms with Crippen molar-refractivity contribution in [3.8, 4) is 22.8 Å². The Bertz CT molecular complexity index is 714. The van der Waals surface area contributed by atoms with E-state index in [4.69, 9.17) is 9.47 Å². The molecule has 1 N–H and O–H groups in total. The van der Waals surface area contributed by atoms with Gasteiger partial charge < -0.3 is 14.2 Å². The summed E-state index contributed by atoms with van der Waals surface area (Å²) < 4.78 is 15.1. The summed E-state index contributed by atoms with van der Waals surface area (Å²) >= 11 is 1.27. The van der Waals surface area contributed by atoms with Crippen molar-refractivity contribution in [2.45, 2.75) is 6.92 Å². The highest BCUT2D eigenvalue weighted by molar-refractivity contribution is 7.14. The van der Waals surface area contributed by atoms with Crippen molar-refractivity contribution in [3.05, 3.63) is 23.6 Å². The summed E-state index contributed by atoms with van der Waals surface area (Å²) in [4.78, 5) is 26.6. The summed E-state index contributed by atoms with van der Waals surface area (Å²) in [6.45, 7) is 0.909. The number of carbonyl (C=O) groups is 2. The average molecular weight is 336 g/mol. The molecule has 0 bridgehead atoms. The third-order valence-electron chi connectivity index (χ3n) is 2.84. The second-order valence-corrected chi connectivity index (χ2v) is 5.29. The molecule has 7 nitrogen and oxygen atoms in total. The Labute approximate surface area is 137 Å². The molecule has 0 saturated heterocycles. The van der Waals surface area contributed by atoms with Gasteiger partial charge in [0.05, 0.1) is 19.9 Å². The number of hydrogen-bond donors (Lipinski definition) is 1. The van der Waals surface area contributed by atoms with E-state index in [9.17, 15) is 9.59 Å². The molecule has 0 radical (unpaired) electrons. The lowest BCUT2D eigenvalue weighted by atomic mass is 10.1. The summed E-state index contributed by atoms with van der Waals surface area (Å²) in [5, 5.41) is 4.81. The fourth-order valence-corrected chi connectivity index (χ4v) is 2.52. The first-order chi connectivity index (χ1) is 11.0. The number of amides is 1. The van der Waals surface area contributed by atoms with E-state index < -0.39 is 11.9 Å².